The lowest BCUT2D eigenvalue weighted by Gasteiger charge is -2.16. The minimum absolute atomic E-state index is 0. The molecule has 0 fully saturated rings. The Balaban J connectivity index is 0.00000196. The van der Waals surface area contributed by atoms with Crippen LogP contribution in [0.25, 0.3) is 0 Å². The molecule has 0 saturated carbocycles. The molecule has 0 heterocycles. The van der Waals surface area contributed by atoms with Crippen molar-refractivity contribution in [1.29, 1.82) is 0 Å². The fraction of sp³-hybridized carbons (Fsp3) is 0.400. The van der Waals surface area contributed by atoms with Gasteiger partial charge in [-0.1, -0.05) is 17.7 Å². The second kappa shape index (κ2) is 6.16. The number of hydrogen-bond donors (Lipinski definition) is 1. The molecule has 1 aromatic rings. The molecule has 0 unspecified atom stereocenters. The summed E-state index contributed by atoms with van der Waals surface area (Å²) in [5.41, 5.74) is 7.18. The third-order valence-corrected chi connectivity index (χ3v) is 2.39. The van der Waals surface area contributed by atoms with E-state index in [4.69, 9.17) is 17.3 Å². The van der Waals surface area contributed by atoms with E-state index in [1.54, 1.807) is 12.1 Å². The zero-order valence-electron chi connectivity index (χ0n) is 8.71. The number of nitrogens with two attached hydrogens (primary N) is 1. The Bertz CT molecular complexity index is 318. The van der Waals surface area contributed by atoms with Crippen molar-refractivity contribution in [2.45, 2.75) is 6.04 Å². The quantitative estimate of drug-likeness (QED) is 0.897. The standard InChI is InChI=1S/C10H14ClFN2.ClH/c1-14(2)7-3-4-8(9(11)5-7)10(13)6-12;/h3-5,10H,6,13H2,1-2H3;1H/t10-;/m0./s1. The lowest BCUT2D eigenvalue weighted by Crippen LogP contribution is -2.14. The molecule has 2 N–H and O–H groups in total. The molecule has 1 rings (SSSR count). The minimum atomic E-state index is -0.626. The van der Waals surface area contributed by atoms with Crippen molar-refractivity contribution in [3.63, 3.8) is 0 Å². The van der Waals surface area contributed by atoms with Crippen molar-refractivity contribution in [2.75, 3.05) is 25.7 Å². The summed E-state index contributed by atoms with van der Waals surface area (Å²) in [6.45, 7) is -0.596. The molecule has 1 atom stereocenters. The van der Waals surface area contributed by atoms with Crippen molar-refractivity contribution in [3.05, 3.63) is 28.8 Å². The van der Waals surface area contributed by atoms with Crippen LogP contribution in [0.1, 0.15) is 11.6 Å². The van der Waals surface area contributed by atoms with Gasteiger partial charge in [0.2, 0.25) is 0 Å². The Labute approximate surface area is 101 Å². The molecule has 0 aliphatic rings. The highest BCUT2D eigenvalue weighted by molar-refractivity contribution is 6.31. The maximum Gasteiger partial charge on any atom is 0.109 e. The molecule has 0 amide bonds. The highest BCUT2D eigenvalue weighted by Crippen LogP contribution is 2.26. The summed E-state index contributed by atoms with van der Waals surface area (Å²) < 4.78 is 12.3. The predicted molar refractivity (Wildman–Crippen MR) is 65.9 cm³/mol. The zero-order chi connectivity index (χ0) is 10.7. The van der Waals surface area contributed by atoms with Crippen molar-refractivity contribution < 1.29 is 4.39 Å². The van der Waals surface area contributed by atoms with Crippen LogP contribution in [0.2, 0.25) is 5.02 Å². The Morgan fingerprint density at radius 3 is 2.47 bits per heavy atom. The molecular weight excluding hydrogens is 238 g/mol. The van der Waals surface area contributed by atoms with Crippen LogP contribution >= 0.6 is 24.0 Å². The second-order valence-electron chi connectivity index (χ2n) is 3.36. The van der Waals surface area contributed by atoms with Gasteiger partial charge in [-0.15, -0.1) is 12.4 Å². The zero-order valence-corrected chi connectivity index (χ0v) is 10.3. The van der Waals surface area contributed by atoms with E-state index in [1.807, 2.05) is 25.1 Å². The van der Waals surface area contributed by atoms with E-state index in [0.717, 1.165) is 5.69 Å². The number of benzene rings is 1. The summed E-state index contributed by atoms with van der Waals surface area (Å²) in [7, 11) is 3.83. The Kier molecular flexibility index (Phi) is 5.95. The summed E-state index contributed by atoms with van der Waals surface area (Å²) in [6.07, 6.45) is 0. The first-order valence-electron chi connectivity index (χ1n) is 4.34. The van der Waals surface area contributed by atoms with Gasteiger partial charge in [0.05, 0.1) is 6.04 Å². The molecular formula is C10H15Cl2FN2. The number of alkyl halides is 1. The van der Waals surface area contributed by atoms with E-state index in [1.165, 1.54) is 0 Å². The number of rotatable bonds is 3. The van der Waals surface area contributed by atoms with Gasteiger partial charge >= 0.3 is 0 Å². The van der Waals surface area contributed by atoms with Crippen LogP contribution in [-0.4, -0.2) is 20.8 Å². The summed E-state index contributed by atoms with van der Waals surface area (Å²) in [5.74, 6) is 0. The highest BCUT2D eigenvalue weighted by atomic mass is 35.5. The van der Waals surface area contributed by atoms with Crippen LogP contribution < -0.4 is 10.6 Å². The molecule has 0 aliphatic carbocycles. The van der Waals surface area contributed by atoms with Crippen LogP contribution in [-0.2, 0) is 0 Å². The monoisotopic (exact) mass is 252 g/mol. The maximum atomic E-state index is 12.3. The molecule has 0 aliphatic heterocycles. The Morgan fingerprint density at radius 2 is 2.07 bits per heavy atom. The van der Waals surface area contributed by atoms with E-state index in [9.17, 15) is 4.39 Å². The molecule has 1 aromatic carbocycles. The SMILES string of the molecule is CN(C)c1ccc([C@@H](N)CF)c(Cl)c1.Cl. The van der Waals surface area contributed by atoms with Crippen LogP contribution in [0.5, 0.6) is 0 Å². The first-order chi connectivity index (χ1) is 6.56. The van der Waals surface area contributed by atoms with E-state index in [0.29, 0.717) is 10.6 Å². The minimum Gasteiger partial charge on any atom is -0.378 e. The summed E-state index contributed by atoms with van der Waals surface area (Å²) in [5, 5.41) is 0.515. The Hall–Kier alpha value is -0.510. The van der Waals surface area contributed by atoms with Gasteiger partial charge in [0, 0.05) is 24.8 Å². The number of halogens is 3. The molecule has 2 nitrogen and oxygen atoms in total. The first kappa shape index (κ1) is 14.5. The lowest BCUT2D eigenvalue weighted by molar-refractivity contribution is 0.437. The van der Waals surface area contributed by atoms with Gasteiger partial charge in [0.25, 0.3) is 0 Å². The Morgan fingerprint density at radius 1 is 1.47 bits per heavy atom. The average Bonchev–Trinajstić information content (AvgIpc) is 2.16. The molecule has 0 saturated heterocycles. The topological polar surface area (TPSA) is 29.3 Å². The van der Waals surface area contributed by atoms with Gasteiger partial charge < -0.3 is 10.6 Å². The average molecular weight is 253 g/mol. The van der Waals surface area contributed by atoms with E-state index in [-0.39, 0.29) is 12.4 Å². The summed E-state index contributed by atoms with van der Waals surface area (Å²) in [6, 6.07) is 4.80. The van der Waals surface area contributed by atoms with Crippen LogP contribution in [0.3, 0.4) is 0 Å². The van der Waals surface area contributed by atoms with Crippen molar-refractivity contribution in [3.8, 4) is 0 Å². The van der Waals surface area contributed by atoms with E-state index >= 15 is 0 Å². The second-order valence-corrected chi connectivity index (χ2v) is 3.77. The fourth-order valence-corrected chi connectivity index (χ4v) is 1.49. The number of hydrogen-bond acceptors (Lipinski definition) is 2. The predicted octanol–water partition coefficient (Wildman–Crippen LogP) is 2.80. The van der Waals surface area contributed by atoms with Crippen molar-refractivity contribution >= 4 is 29.7 Å². The molecule has 0 radical (unpaired) electrons. The molecule has 0 bridgehead atoms. The number of anilines is 1. The van der Waals surface area contributed by atoms with Crippen molar-refractivity contribution in [2.24, 2.45) is 5.73 Å². The third kappa shape index (κ3) is 3.52. The number of nitrogens with zero attached hydrogens (tertiary/aromatic N) is 1. The van der Waals surface area contributed by atoms with E-state index in [2.05, 4.69) is 0 Å². The van der Waals surface area contributed by atoms with Gasteiger partial charge in [-0.05, 0) is 17.7 Å². The molecule has 5 heteroatoms. The molecule has 15 heavy (non-hydrogen) atoms. The smallest absolute Gasteiger partial charge is 0.109 e. The van der Waals surface area contributed by atoms with Crippen LogP contribution in [0.4, 0.5) is 10.1 Å². The lowest BCUT2D eigenvalue weighted by atomic mass is 10.1. The first-order valence-corrected chi connectivity index (χ1v) is 4.72. The van der Waals surface area contributed by atoms with Gasteiger partial charge in [0.15, 0.2) is 0 Å². The normalized spacial score (nSPS) is 11.8. The van der Waals surface area contributed by atoms with Gasteiger partial charge in [-0.25, -0.2) is 4.39 Å². The fourth-order valence-electron chi connectivity index (χ4n) is 1.18. The van der Waals surface area contributed by atoms with Gasteiger partial charge in [-0.3, -0.25) is 0 Å². The molecule has 0 spiro atoms. The van der Waals surface area contributed by atoms with Crippen molar-refractivity contribution in [1.82, 2.24) is 0 Å². The molecule has 86 valence electrons. The summed E-state index contributed by atoms with van der Waals surface area (Å²) >= 11 is 5.97. The third-order valence-electron chi connectivity index (χ3n) is 2.07. The van der Waals surface area contributed by atoms with Gasteiger partial charge in [-0.2, -0.15) is 0 Å². The largest absolute Gasteiger partial charge is 0.378 e. The van der Waals surface area contributed by atoms with Crippen LogP contribution in [0.15, 0.2) is 18.2 Å². The van der Waals surface area contributed by atoms with Crippen LogP contribution in [0, 0.1) is 0 Å². The highest BCUT2D eigenvalue weighted by Gasteiger charge is 2.10. The van der Waals surface area contributed by atoms with Gasteiger partial charge in [0.1, 0.15) is 6.67 Å². The van der Waals surface area contributed by atoms with E-state index < -0.39 is 12.7 Å². The maximum absolute atomic E-state index is 12.3. The summed E-state index contributed by atoms with van der Waals surface area (Å²) in [4.78, 5) is 1.93. The molecule has 0 aromatic heterocycles.